The van der Waals surface area contributed by atoms with Crippen molar-refractivity contribution in [2.45, 2.75) is 30.7 Å². The highest BCUT2D eigenvalue weighted by Gasteiger charge is 2.29. The largest absolute Gasteiger partial charge is 0.326 e. The Labute approximate surface area is 124 Å². The highest BCUT2D eigenvalue weighted by atomic mass is 32.2. The lowest BCUT2D eigenvalue weighted by atomic mass is 10.2. The van der Waals surface area contributed by atoms with Crippen molar-refractivity contribution in [3.05, 3.63) is 36.0 Å². The van der Waals surface area contributed by atoms with E-state index in [9.17, 15) is 8.42 Å². The summed E-state index contributed by atoms with van der Waals surface area (Å²) in [6, 6.07) is 7.00. The van der Waals surface area contributed by atoms with Crippen molar-refractivity contribution >= 4 is 20.9 Å². The fourth-order valence-electron chi connectivity index (χ4n) is 2.43. The molecule has 0 bridgehead atoms. The summed E-state index contributed by atoms with van der Waals surface area (Å²) in [7, 11) is -3.59. The van der Waals surface area contributed by atoms with E-state index in [0.29, 0.717) is 11.4 Å². The monoisotopic (exact) mass is 305 g/mol. The van der Waals surface area contributed by atoms with Crippen LogP contribution in [0.4, 0.5) is 0 Å². The topological polar surface area (TPSA) is 85.1 Å². The Morgan fingerprint density at radius 1 is 1.43 bits per heavy atom. The van der Waals surface area contributed by atoms with Crippen molar-refractivity contribution in [3.8, 4) is 0 Å². The number of nitrogens with two attached hydrogens (primary N) is 1. The van der Waals surface area contributed by atoms with E-state index in [1.807, 2.05) is 19.1 Å². The van der Waals surface area contributed by atoms with Gasteiger partial charge < -0.3 is 5.73 Å². The number of para-hydroxylation sites is 1. The molecule has 1 fully saturated rings. The molecule has 0 spiro atoms. The Balaban J connectivity index is 1.90. The second-order valence-corrected chi connectivity index (χ2v) is 7.43. The van der Waals surface area contributed by atoms with Gasteiger partial charge in [0, 0.05) is 24.2 Å². The molecule has 0 saturated heterocycles. The molecule has 1 aliphatic carbocycles. The summed E-state index contributed by atoms with van der Waals surface area (Å²) in [5.41, 5.74) is 7.45. The van der Waals surface area contributed by atoms with Gasteiger partial charge in [0.1, 0.15) is 4.90 Å². The second kappa shape index (κ2) is 5.36. The van der Waals surface area contributed by atoms with Gasteiger partial charge in [-0.3, -0.25) is 4.98 Å². The van der Waals surface area contributed by atoms with Crippen LogP contribution in [0, 0.1) is 12.8 Å². The Hall–Kier alpha value is -1.50. The summed E-state index contributed by atoms with van der Waals surface area (Å²) in [5, 5.41) is 0.823. The third kappa shape index (κ3) is 3.07. The molecule has 3 rings (SSSR count). The molecule has 21 heavy (non-hydrogen) atoms. The van der Waals surface area contributed by atoms with Gasteiger partial charge in [0.05, 0.1) is 5.52 Å². The van der Waals surface area contributed by atoms with Crippen molar-refractivity contribution in [3.63, 3.8) is 0 Å². The van der Waals surface area contributed by atoms with E-state index in [1.165, 1.54) is 0 Å². The standard InChI is InChI=1S/C15H19N3O2S/c1-10-7-12-3-2-4-14(15(12)17-8-10)21(19,20)18-9-13(16)11-5-6-11/h2-4,7-8,11,13,18H,5-6,9,16H2,1H3. The van der Waals surface area contributed by atoms with Gasteiger partial charge >= 0.3 is 0 Å². The molecule has 0 amide bonds. The third-order valence-electron chi connectivity index (χ3n) is 3.84. The Bertz CT molecular complexity index is 770. The lowest BCUT2D eigenvalue weighted by Crippen LogP contribution is -2.38. The number of sulfonamides is 1. The number of nitrogens with one attached hydrogen (secondary N) is 1. The highest BCUT2D eigenvalue weighted by molar-refractivity contribution is 7.89. The summed E-state index contributed by atoms with van der Waals surface area (Å²) < 4.78 is 27.6. The fourth-order valence-corrected chi connectivity index (χ4v) is 3.68. The van der Waals surface area contributed by atoms with Crippen LogP contribution in [0.3, 0.4) is 0 Å². The number of aryl methyl sites for hydroxylation is 1. The predicted octanol–water partition coefficient (Wildman–Crippen LogP) is 1.56. The summed E-state index contributed by atoms with van der Waals surface area (Å²) in [6.45, 7) is 2.20. The first-order valence-electron chi connectivity index (χ1n) is 7.08. The number of pyridine rings is 1. The Kier molecular flexibility index (Phi) is 3.69. The SMILES string of the molecule is Cc1cnc2c(S(=O)(=O)NCC(N)C3CC3)cccc2c1. The van der Waals surface area contributed by atoms with Crippen molar-refractivity contribution in [1.29, 1.82) is 0 Å². The molecule has 1 aromatic heterocycles. The van der Waals surface area contributed by atoms with Crippen LogP contribution in [0.2, 0.25) is 0 Å². The first kappa shape index (κ1) is 14.4. The van der Waals surface area contributed by atoms with E-state index in [-0.39, 0.29) is 17.5 Å². The highest BCUT2D eigenvalue weighted by Crippen LogP contribution is 2.31. The van der Waals surface area contributed by atoms with Crippen LogP contribution in [0.15, 0.2) is 35.4 Å². The minimum atomic E-state index is -3.59. The molecule has 112 valence electrons. The predicted molar refractivity (Wildman–Crippen MR) is 82.4 cm³/mol. The van der Waals surface area contributed by atoms with Crippen LogP contribution in [-0.2, 0) is 10.0 Å². The van der Waals surface area contributed by atoms with Gasteiger partial charge in [-0.25, -0.2) is 13.1 Å². The van der Waals surface area contributed by atoms with Gasteiger partial charge in [-0.15, -0.1) is 0 Å². The quantitative estimate of drug-likeness (QED) is 0.878. The van der Waals surface area contributed by atoms with Crippen molar-refractivity contribution in [1.82, 2.24) is 9.71 Å². The zero-order chi connectivity index (χ0) is 15.0. The molecule has 1 heterocycles. The fraction of sp³-hybridized carbons (Fsp3) is 0.400. The summed E-state index contributed by atoms with van der Waals surface area (Å²) in [6.07, 6.45) is 3.87. The van der Waals surface area contributed by atoms with E-state index >= 15 is 0 Å². The van der Waals surface area contributed by atoms with Crippen molar-refractivity contribution in [2.75, 3.05) is 6.54 Å². The van der Waals surface area contributed by atoms with E-state index in [4.69, 9.17) is 5.73 Å². The van der Waals surface area contributed by atoms with Gasteiger partial charge in [0.2, 0.25) is 10.0 Å². The Morgan fingerprint density at radius 2 is 2.19 bits per heavy atom. The van der Waals surface area contributed by atoms with Gasteiger partial charge in [-0.2, -0.15) is 0 Å². The van der Waals surface area contributed by atoms with Crippen LogP contribution in [0.1, 0.15) is 18.4 Å². The first-order chi connectivity index (χ1) is 9.97. The van der Waals surface area contributed by atoms with E-state index in [1.54, 1.807) is 18.3 Å². The molecule has 1 atom stereocenters. The number of fused-ring (bicyclic) bond motifs is 1. The van der Waals surface area contributed by atoms with Crippen molar-refractivity contribution in [2.24, 2.45) is 11.7 Å². The molecule has 0 radical (unpaired) electrons. The number of hydrogen-bond acceptors (Lipinski definition) is 4. The van der Waals surface area contributed by atoms with Crippen LogP contribution >= 0.6 is 0 Å². The number of nitrogens with zero attached hydrogens (tertiary/aromatic N) is 1. The normalized spacial score (nSPS) is 17.0. The Morgan fingerprint density at radius 3 is 2.90 bits per heavy atom. The molecular formula is C15H19N3O2S. The molecule has 1 saturated carbocycles. The summed E-state index contributed by atoms with van der Waals surface area (Å²) >= 11 is 0. The van der Waals surface area contributed by atoms with Gasteiger partial charge in [0.15, 0.2) is 0 Å². The summed E-state index contributed by atoms with van der Waals surface area (Å²) in [4.78, 5) is 4.48. The van der Waals surface area contributed by atoms with E-state index < -0.39 is 10.0 Å². The maximum Gasteiger partial charge on any atom is 0.242 e. The van der Waals surface area contributed by atoms with E-state index in [0.717, 1.165) is 23.8 Å². The lowest BCUT2D eigenvalue weighted by Gasteiger charge is -2.13. The van der Waals surface area contributed by atoms with E-state index in [2.05, 4.69) is 9.71 Å². The van der Waals surface area contributed by atoms with Gasteiger partial charge in [-0.05, 0) is 43.4 Å². The zero-order valence-electron chi connectivity index (χ0n) is 11.9. The molecule has 3 N–H and O–H groups in total. The molecule has 2 aromatic rings. The minimum absolute atomic E-state index is 0.107. The molecule has 1 unspecified atom stereocenters. The average Bonchev–Trinajstić information content (AvgIpc) is 3.28. The second-order valence-electron chi connectivity index (χ2n) is 5.69. The number of aromatic nitrogens is 1. The van der Waals surface area contributed by atoms with Crippen LogP contribution in [0.5, 0.6) is 0 Å². The van der Waals surface area contributed by atoms with Gasteiger partial charge in [0.25, 0.3) is 0 Å². The average molecular weight is 305 g/mol. The zero-order valence-corrected chi connectivity index (χ0v) is 12.7. The van der Waals surface area contributed by atoms with Gasteiger partial charge in [-0.1, -0.05) is 12.1 Å². The maximum absolute atomic E-state index is 12.5. The number of rotatable bonds is 5. The third-order valence-corrected chi connectivity index (χ3v) is 5.29. The lowest BCUT2D eigenvalue weighted by molar-refractivity contribution is 0.548. The smallest absolute Gasteiger partial charge is 0.242 e. The molecule has 5 nitrogen and oxygen atoms in total. The van der Waals surface area contributed by atoms with Crippen LogP contribution in [0.25, 0.3) is 10.9 Å². The number of hydrogen-bond donors (Lipinski definition) is 2. The van der Waals surface area contributed by atoms with Crippen LogP contribution in [-0.4, -0.2) is 26.0 Å². The maximum atomic E-state index is 12.5. The molecule has 1 aromatic carbocycles. The minimum Gasteiger partial charge on any atom is -0.326 e. The van der Waals surface area contributed by atoms with Crippen molar-refractivity contribution < 1.29 is 8.42 Å². The molecule has 0 aliphatic heterocycles. The van der Waals surface area contributed by atoms with Crippen LogP contribution < -0.4 is 10.5 Å². The number of benzene rings is 1. The summed E-state index contributed by atoms with van der Waals surface area (Å²) in [5.74, 6) is 0.459. The first-order valence-corrected chi connectivity index (χ1v) is 8.56. The molecule has 6 heteroatoms. The molecular weight excluding hydrogens is 286 g/mol. The molecule has 1 aliphatic rings.